The maximum atomic E-state index is 13.6. The molecule has 1 unspecified atom stereocenters. The third kappa shape index (κ3) is 3.06. The summed E-state index contributed by atoms with van der Waals surface area (Å²) < 4.78 is 15.0. The number of hydrogen-bond donors (Lipinski definition) is 1. The van der Waals surface area contributed by atoms with Gasteiger partial charge in [0.05, 0.1) is 11.9 Å². The lowest BCUT2D eigenvalue weighted by atomic mass is 10.1. The van der Waals surface area contributed by atoms with E-state index in [1.807, 2.05) is 20.8 Å². The largest absolute Gasteiger partial charge is 0.309 e. The number of aryl methyl sites for hydroxylation is 1. The van der Waals surface area contributed by atoms with Crippen LogP contribution in [0, 0.1) is 0 Å². The number of alkyl halides is 1. The van der Waals surface area contributed by atoms with Crippen molar-refractivity contribution in [2.75, 3.05) is 6.54 Å². The van der Waals surface area contributed by atoms with Crippen molar-refractivity contribution in [2.24, 2.45) is 7.05 Å². The van der Waals surface area contributed by atoms with Crippen LogP contribution in [0.2, 0.25) is 0 Å². The van der Waals surface area contributed by atoms with Gasteiger partial charge in [-0.3, -0.25) is 0 Å². The van der Waals surface area contributed by atoms with E-state index in [-0.39, 0.29) is 12.1 Å². The van der Waals surface area contributed by atoms with Gasteiger partial charge in [-0.15, -0.1) is 5.10 Å². The van der Waals surface area contributed by atoms with E-state index < -0.39 is 6.17 Å². The van der Waals surface area contributed by atoms with Crippen molar-refractivity contribution in [2.45, 2.75) is 32.5 Å². The Morgan fingerprint density at radius 1 is 1.57 bits per heavy atom. The molecular weight excluding hydrogens is 183 g/mol. The molecule has 1 atom stereocenters. The Labute approximate surface area is 83.5 Å². The SMILES string of the molecule is Cn1nncc1C(F)CNC(C)(C)C. The monoisotopic (exact) mass is 200 g/mol. The van der Waals surface area contributed by atoms with Gasteiger partial charge in [0.1, 0.15) is 0 Å². The molecule has 0 aliphatic carbocycles. The van der Waals surface area contributed by atoms with Gasteiger partial charge in [-0.2, -0.15) is 0 Å². The molecule has 0 aromatic carbocycles. The predicted molar refractivity (Wildman–Crippen MR) is 52.6 cm³/mol. The van der Waals surface area contributed by atoms with Gasteiger partial charge in [-0.1, -0.05) is 5.21 Å². The summed E-state index contributed by atoms with van der Waals surface area (Å²) in [5.74, 6) is 0. The lowest BCUT2D eigenvalue weighted by molar-refractivity contribution is 0.279. The zero-order valence-corrected chi connectivity index (χ0v) is 9.08. The zero-order valence-electron chi connectivity index (χ0n) is 9.08. The smallest absolute Gasteiger partial charge is 0.156 e. The van der Waals surface area contributed by atoms with E-state index in [2.05, 4.69) is 15.6 Å². The first-order chi connectivity index (χ1) is 6.40. The summed E-state index contributed by atoms with van der Waals surface area (Å²) in [6, 6.07) is 0. The quantitative estimate of drug-likeness (QED) is 0.797. The molecule has 0 saturated heterocycles. The Bertz CT molecular complexity index is 289. The number of aromatic nitrogens is 3. The van der Waals surface area contributed by atoms with Crippen LogP contribution in [0.4, 0.5) is 4.39 Å². The van der Waals surface area contributed by atoms with Gasteiger partial charge in [0.15, 0.2) is 6.17 Å². The topological polar surface area (TPSA) is 42.7 Å². The lowest BCUT2D eigenvalue weighted by Crippen LogP contribution is -2.38. The normalized spacial score (nSPS) is 14.4. The van der Waals surface area contributed by atoms with Crippen molar-refractivity contribution in [1.29, 1.82) is 0 Å². The lowest BCUT2D eigenvalue weighted by Gasteiger charge is -2.21. The Balaban J connectivity index is 2.51. The van der Waals surface area contributed by atoms with Crippen molar-refractivity contribution in [3.05, 3.63) is 11.9 Å². The summed E-state index contributed by atoms with van der Waals surface area (Å²) in [6.45, 7) is 6.29. The second-order valence-electron chi connectivity index (χ2n) is 4.38. The van der Waals surface area contributed by atoms with E-state index >= 15 is 0 Å². The highest BCUT2D eigenvalue weighted by atomic mass is 19.1. The molecule has 1 heterocycles. The molecule has 4 nitrogen and oxygen atoms in total. The summed E-state index contributed by atoms with van der Waals surface area (Å²) in [7, 11) is 1.69. The third-order valence-electron chi connectivity index (χ3n) is 1.88. The van der Waals surface area contributed by atoms with E-state index in [1.54, 1.807) is 7.05 Å². The first kappa shape index (κ1) is 11.1. The molecule has 5 heteroatoms. The summed E-state index contributed by atoms with van der Waals surface area (Å²) in [5, 5.41) is 10.4. The highest BCUT2D eigenvalue weighted by Crippen LogP contribution is 2.14. The number of hydrogen-bond acceptors (Lipinski definition) is 3. The van der Waals surface area contributed by atoms with Crippen LogP contribution in [0.1, 0.15) is 32.6 Å². The first-order valence-electron chi connectivity index (χ1n) is 4.64. The standard InChI is InChI=1S/C9H17FN4/c1-9(2,3)11-5-7(10)8-6-12-13-14(8)4/h6-7,11H,5H2,1-4H3. The minimum Gasteiger partial charge on any atom is -0.309 e. The Kier molecular flexibility index (Phi) is 3.21. The summed E-state index contributed by atoms with van der Waals surface area (Å²) in [4.78, 5) is 0. The van der Waals surface area contributed by atoms with Gasteiger partial charge in [0.2, 0.25) is 0 Å². The second-order valence-corrected chi connectivity index (χ2v) is 4.38. The highest BCUT2D eigenvalue weighted by molar-refractivity contribution is 4.99. The molecule has 0 amide bonds. The fraction of sp³-hybridized carbons (Fsp3) is 0.778. The van der Waals surface area contributed by atoms with E-state index in [9.17, 15) is 4.39 Å². The molecule has 1 aromatic heterocycles. The van der Waals surface area contributed by atoms with Gasteiger partial charge in [-0.25, -0.2) is 9.07 Å². The van der Waals surface area contributed by atoms with Crippen LogP contribution >= 0.6 is 0 Å². The fourth-order valence-corrected chi connectivity index (χ4v) is 1.08. The molecule has 0 aliphatic rings. The Hall–Kier alpha value is -0.970. The summed E-state index contributed by atoms with van der Waals surface area (Å²) in [5.41, 5.74) is 0.429. The van der Waals surface area contributed by atoms with Crippen LogP contribution in [0.15, 0.2) is 6.20 Å². The number of rotatable bonds is 3. The van der Waals surface area contributed by atoms with Crippen molar-refractivity contribution in [1.82, 2.24) is 20.3 Å². The number of nitrogens with zero attached hydrogens (tertiary/aromatic N) is 3. The van der Waals surface area contributed by atoms with Crippen molar-refractivity contribution in [3.63, 3.8) is 0 Å². The molecule has 1 aromatic rings. The molecule has 0 saturated carbocycles. The minimum atomic E-state index is -1.06. The average molecular weight is 200 g/mol. The van der Waals surface area contributed by atoms with E-state index in [4.69, 9.17) is 0 Å². The van der Waals surface area contributed by atoms with Crippen molar-refractivity contribution in [3.8, 4) is 0 Å². The Morgan fingerprint density at radius 2 is 2.21 bits per heavy atom. The molecule has 0 spiro atoms. The molecule has 0 bridgehead atoms. The van der Waals surface area contributed by atoms with Gasteiger partial charge < -0.3 is 5.32 Å². The zero-order chi connectivity index (χ0) is 10.8. The van der Waals surface area contributed by atoms with Crippen LogP contribution in [-0.2, 0) is 7.05 Å². The number of halogens is 1. The van der Waals surface area contributed by atoms with Crippen molar-refractivity contribution < 1.29 is 4.39 Å². The van der Waals surface area contributed by atoms with Crippen LogP contribution in [0.25, 0.3) is 0 Å². The second kappa shape index (κ2) is 4.04. The predicted octanol–water partition coefficient (Wildman–Crippen LogP) is 1.21. The molecule has 14 heavy (non-hydrogen) atoms. The van der Waals surface area contributed by atoms with Gasteiger partial charge in [-0.05, 0) is 20.8 Å². The molecule has 0 radical (unpaired) electrons. The summed E-state index contributed by atoms with van der Waals surface area (Å²) in [6.07, 6.45) is 0.392. The van der Waals surface area contributed by atoms with Gasteiger partial charge in [0.25, 0.3) is 0 Å². The van der Waals surface area contributed by atoms with Crippen LogP contribution in [-0.4, -0.2) is 27.1 Å². The first-order valence-corrected chi connectivity index (χ1v) is 4.64. The van der Waals surface area contributed by atoms with Gasteiger partial charge >= 0.3 is 0 Å². The van der Waals surface area contributed by atoms with Crippen LogP contribution in [0.3, 0.4) is 0 Å². The summed E-state index contributed by atoms with van der Waals surface area (Å²) >= 11 is 0. The van der Waals surface area contributed by atoms with Gasteiger partial charge in [0, 0.05) is 19.1 Å². The van der Waals surface area contributed by atoms with E-state index in [0.717, 1.165) is 0 Å². The fourth-order valence-electron chi connectivity index (χ4n) is 1.08. The van der Waals surface area contributed by atoms with E-state index in [0.29, 0.717) is 5.69 Å². The highest BCUT2D eigenvalue weighted by Gasteiger charge is 2.17. The van der Waals surface area contributed by atoms with Crippen molar-refractivity contribution >= 4 is 0 Å². The average Bonchev–Trinajstić information content (AvgIpc) is 2.46. The molecule has 80 valence electrons. The molecule has 1 N–H and O–H groups in total. The third-order valence-corrected chi connectivity index (χ3v) is 1.88. The maximum Gasteiger partial charge on any atom is 0.156 e. The molecule has 0 fully saturated rings. The minimum absolute atomic E-state index is 0.0731. The van der Waals surface area contributed by atoms with Crippen LogP contribution < -0.4 is 5.32 Å². The molecule has 1 rings (SSSR count). The maximum absolute atomic E-state index is 13.6. The van der Waals surface area contributed by atoms with Crippen LogP contribution in [0.5, 0.6) is 0 Å². The molecule has 0 aliphatic heterocycles. The Morgan fingerprint density at radius 3 is 2.64 bits per heavy atom. The molecular formula is C9H17FN4. The van der Waals surface area contributed by atoms with E-state index in [1.165, 1.54) is 10.9 Å². The number of nitrogens with one attached hydrogen (secondary N) is 1.